The van der Waals surface area contributed by atoms with Crippen LogP contribution in [0, 0.1) is 17.5 Å². The first-order valence-electron chi connectivity index (χ1n) is 8.97. The van der Waals surface area contributed by atoms with Crippen molar-refractivity contribution in [1.82, 2.24) is 9.80 Å². The van der Waals surface area contributed by atoms with E-state index in [0.717, 1.165) is 25.0 Å². The molecule has 2 aliphatic heterocycles. The lowest BCUT2D eigenvalue weighted by Gasteiger charge is -2.38. The van der Waals surface area contributed by atoms with Crippen molar-refractivity contribution in [2.24, 2.45) is 0 Å². The monoisotopic (exact) mass is 385 g/mol. The summed E-state index contributed by atoms with van der Waals surface area (Å²) in [5, 5.41) is 2.29. The third-order valence-electron chi connectivity index (χ3n) is 5.05. The molecule has 0 bridgehead atoms. The standard InChI is InChI=1S/C18H22F3N3O3/c1-11(17(25)22-13-5-4-12(19)15(20)16(13)21)23-6-8-24(9-7-23)18(26)14-3-2-10-27-14/h4-5,11,14H,2-3,6-10H2,1H3,(H,22,25)/t11-,14-/m1/s1. The molecular formula is C18H22F3N3O3. The van der Waals surface area contributed by atoms with Crippen molar-refractivity contribution in [1.29, 1.82) is 0 Å². The zero-order valence-corrected chi connectivity index (χ0v) is 15.0. The predicted molar refractivity (Wildman–Crippen MR) is 91.5 cm³/mol. The minimum atomic E-state index is -1.62. The minimum absolute atomic E-state index is 0.0203. The van der Waals surface area contributed by atoms with Gasteiger partial charge in [0.05, 0.1) is 11.7 Å². The van der Waals surface area contributed by atoms with E-state index in [2.05, 4.69) is 5.32 Å². The highest BCUT2D eigenvalue weighted by molar-refractivity contribution is 5.94. The highest BCUT2D eigenvalue weighted by atomic mass is 19.2. The summed E-state index contributed by atoms with van der Waals surface area (Å²) in [6, 6.07) is 1.13. The molecule has 2 atom stereocenters. The molecule has 2 fully saturated rings. The number of piperazine rings is 1. The Morgan fingerprint density at radius 2 is 1.85 bits per heavy atom. The molecule has 1 aromatic rings. The van der Waals surface area contributed by atoms with Gasteiger partial charge in [0.15, 0.2) is 17.5 Å². The minimum Gasteiger partial charge on any atom is -0.368 e. The third kappa shape index (κ3) is 4.24. The fourth-order valence-electron chi connectivity index (χ4n) is 3.33. The van der Waals surface area contributed by atoms with Crippen LogP contribution >= 0.6 is 0 Å². The molecule has 0 unspecified atom stereocenters. The van der Waals surface area contributed by atoms with Gasteiger partial charge in [-0.25, -0.2) is 13.2 Å². The van der Waals surface area contributed by atoms with E-state index in [0.29, 0.717) is 32.8 Å². The molecule has 1 N–H and O–H groups in total. The van der Waals surface area contributed by atoms with E-state index in [1.165, 1.54) is 0 Å². The van der Waals surface area contributed by atoms with Crippen molar-refractivity contribution < 1.29 is 27.5 Å². The first-order valence-corrected chi connectivity index (χ1v) is 8.97. The number of ether oxygens (including phenoxy) is 1. The molecule has 0 radical (unpaired) electrons. The van der Waals surface area contributed by atoms with E-state index < -0.39 is 35.1 Å². The normalized spacial score (nSPS) is 21.9. The number of hydrogen-bond donors (Lipinski definition) is 1. The Bertz CT molecular complexity index is 717. The van der Waals surface area contributed by atoms with Gasteiger partial charge >= 0.3 is 0 Å². The van der Waals surface area contributed by atoms with E-state index in [1.807, 2.05) is 4.90 Å². The summed E-state index contributed by atoms with van der Waals surface area (Å²) in [5.41, 5.74) is -0.405. The largest absolute Gasteiger partial charge is 0.368 e. The Morgan fingerprint density at radius 3 is 2.48 bits per heavy atom. The lowest BCUT2D eigenvalue weighted by atomic mass is 10.1. The summed E-state index contributed by atoms with van der Waals surface area (Å²) < 4.78 is 45.4. The molecule has 6 nitrogen and oxygen atoms in total. The van der Waals surface area contributed by atoms with Crippen molar-refractivity contribution in [3.63, 3.8) is 0 Å². The van der Waals surface area contributed by atoms with Gasteiger partial charge < -0.3 is 15.0 Å². The number of hydrogen-bond acceptors (Lipinski definition) is 4. The molecule has 3 rings (SSSR count). The van der Waals surface area contributed by atoms with Crippen LogP contribution in [0.2, 0.25) is 0 Å². The molecule has 2 amide bonds. The van der Waals surface area contributed by atoms with Crippen molar-refractivity contribution in [2.75, 3.05) is 38.1 Å². The summed E-state index contributed by atoms with van der Waals surface area (Å²) in [6.45, 7) is 4.14. The summed E-state index contributed by atoms with van der Waals surface area (Å²) in [4.78, 5) is 28.3. The third-order valence-corrected chi connectivity index (χ3v) is 5.05. The molecular weight excluding hydrogens is 363 g/mol. The molecule has 2 saturated heterocycles. The zero-order chi connectivity index (χ0) is 19.6. The maximum Gasteiger partial charge on any atom is 0.251 e. The number of amides is 2. The zero-order valence-electron chi connectivity index (χ0n) is 15.0. The Kier molecular flexibility index (Phi) is 6.01. The van der Waals surface area contributed by atoms with Gasteiger partial charge in [-0.1, -0.05) is 0 Å². The molecule has 0 aromatic heterocycles. The number of nitrogens with one attached hydrogen (secondary N) is 1. The van der Waals surface area contributed by atoms with Crippen molar-refractivity contribution in [2.45, 2.75) is 31.9 Å². The van der Waals surface area contributed by atoms with Crippen LogP contribution < -0.4 is 5.32 Å². The number of anilines is 1. The number of halogens is 3. The molecule has 2 aliphatic rings. The van der Waals surface area contributed by atoms with E-state index in [1.54, 1.807) is 11.8 Å². The van der Waals surface area contributed by atoms with Crippen molar-refractivity contribution >= 4 is 17.5 Å². The van der Waals surface area contributed by atoms with E-state index in [9.17, 15) is 22.8 Å². The van der Waals surface area contributed by atoms with Crippen molar-refractivity contribution in [3.8, 4) is 0 Å². The highest BCUT2D eigenvalue weighted by Crippen LogP contribution is 2.21. The van der Waals surface area contributed by atoms with Crippen LogP contribution in [0.3, 0.4) is 0 Å². The number of carbonyl (C=O) groups excluding carboxylic acids is 2. The van der Waals surface area contributed by atoms with E-state index in [4.69, 9.17) is 4.74 Å². The Hall–Kier alpha value is -2.13. The maximum atomic E-state index is 13.7. The summed E-state index contributed by atoms with van der Waals surface area (Å²) >= 11 is 0. The first kappa shape index (κ1) is 19.6. The van der Waals surface area contributed by atoms with Gasteiger partial charge in [0.2, 0.25) is 5.91 Å². The van der Waals surface area contributed by atoms with E-state index in [-0.39, 0.29) is 12.0 Å². The molecule has 2 heterocycles. The fraction of sp³-hybridized carbons (Fsp3) is 0.556. The number of rotatable bonds is 4. The second kappa shape index (κ2) is 8.26. The highest BCUT2D eigenvalue weighted by Gasteiger charge is 2.32. The van der Waals surface area contributed by atoms with Gasteiger partial charge in [-0.05, 0) is 31.9 Å². The molecule has 0 spiro atoms. The fourth-order valence-corrected chi connectivity index (χ4v) is 3.33. The average molecular weight is 385 g/mol. The van der Waals surface area contributed by atoms with Gasteiger partial charge in [0.25, 0.3) is 5.91 Å². The summed E-state index contributed by atoms with van der Waals surface area (Å²) in [6.07, 6.45) is 1.25. The van der Waals surface area contributed by atoms with Crippen LogP contribution in [0.15, 0.2) is 12.1 Å². The van der Waals surface area contributed by atoms with Gasteiger partial charge in [-0.2, -0.15) is 0 Å². The second-order valence-corrected chi connectivity index (χ2v) is 6.75. The van der Waals surface area contributed by atoms with Crippen LogP contribution in [0.5, 0.6) is 0 Å². The SMILES string of the molecule is C[C@H](C(=O)Nc1ccc(F)c(F)c1F)N1CCN(C(=O)[C@H]2CCCO2)CC1. The molecule has 0 saturated carbocycles. The summed E-state index contributed by atoms with van der Waals surface area (Å²) in [7, 11) is 0. The van der Waals surface area contributed by atoms with Gasteiger partial charge in [0, 0.05) is 32.8 Å². The smallest absolute Gasteiger partial charge is 0.251 e. The van der Waals surface area contributed by atoms with Crippen LogP contribution in [0.25, 0.3) is 0 Å². The lowest BCUT2D eigenvalue weighted by Crippen LogP contribution is -2.55. The number of carbonyl (C=O) groups is 2. The van der Waals surface area contributed by atoms with Gasteiger partial charge in [-0.15, -0.1) is 0 Å². The molecule has 27 heavy (non-hydrogen) atoms. The van der Waals surface area contributed by atoms with Crippen LogP contribution in [-0.2, 0) is 14.3 Å². The Balaban J connectivity index is 1.54. The average Bonchev–Trinajstić information content (AvgIpc) is 3.22. The summed E-state index contributed by atoms with van der Waals surface area (Å²) in [5.74, 6) is -4.92. The van der Waals surface area contributed by atoms with Gasteiger partial charge in [0.1, 0.15) is 6.10 Å². The van der Waals surface area contributed by atoms with Crippen molar-refractivity contribution in [3.05, 3.63) is 29.6 Å². The second-order valence-electron chi connectivity index (χ2n) is 6.75. The topological polar surface area (TPSA) is 61.9 Å². The van der Waals surface area contributed by atoms with Crippen LogP contribution in [-0.4, -0.2) is 66.5 Å². The Morgan fingerprint density at radius 1 is 1.15 bits per heavy atom. The number of nitrogens with zero attached hydrogens (tertiary/aromatic N) is 2. The van der Waals surface area contributed by atoms with Crippen LogP contribution in [0.1, 0.15) is 19.8 Å². The van der Waals surface area contributed by atoms with E-state index >= 15 is 0 Å². The molecule has 148 valence electrons. The van der Waals surface area contributed by atoms with Gasteiger partial charge in [-0.3, -0.25) is 14.5 Å². The molecule has 9 heteroatoms. The Labute approximate surface area is 155 Å². The number of benzene rings is 1. The van der Waals surface area contributed by atoms with Crippen LogP contribution in [0.4, 0.5) is 18.9 Å². The lowest BCUT2D eigenvalue weighted by molar-refractivity contribution is -0.143. The molecule has 0 aliphatic carbocycles. The predicted octanol–water partition coefficient (Wildman–Crippen LogP) is 1.75. The quantitative estimate of drug-likeness (QED) is 0.803. The first-order chi connectivity index (χ1) is 12.9. The maximum absolute atomic E-state index is 13.7. The molecule has 1 aromatic carbocycles.